The van der Waals surface area contributed by atoms with Gasteiger partial charge in [0, 0.05) is 18.1 Å². The Morgan fingerprint density at radius 1 is 1.33 bits per heavy atom. The average Bonchev–Trinajstić information content (AvgIpc) is 2.51. The molecule has 6 nitrogen and oxygen atoms in total. The number of benzene rings is 1. The van der Waals surface area contributed by atoms with Crippen LogP contribution in [0.4, 0.5) is 5.69 Å². The van der Waals surface area contributed by atoms with Crippen molar-refractivity contribution in [3.05, 3.63) is 36.0 Å². The number of aromatic nitrogens is 1. The zero-order valence-electron chi connectivity index (χ0n) is 11.8. The fourth-order valence-electron chi connectivity index (χ4n) is 1.87. The molecule has 0 atom stereocenters. The molecule has 0 saturated carbocycles. The van der Waals surface area contributed by atoms with Crippen molar-refractivity contribution < 1.29 is 14.3 Å². The molecule has 1 heterocycles. The number of fused-ring (bicyclic) bond motifs is 1. The van der Waals surface area contributed by atoms with Crippen molar-refractivity contribution in [2.24, 2.45) is 0 Å². The number of nitrogens with two attached hydrogens (primary N) is 1. The first-order valence-corrected chi connectivity index (χ1v) is 6.70. The van der Waals surface area contributed by atoms with Gasteiger partial charge < -0.3 is 15.8 Å². The van der Waals surface area contributed by atoms with Crippen LogP contribution < -0.4 is 11.1 Å². The molecule has 2 aromatic rings. The second-order valence-electron chi connectivity index (χ2n) is 4.53. The second kappa shape index (κ2) is 6.69. The molecule has 0 unspecified atom stereocenters. The maximum atomic E-state index is 12.0. The maximum Gasteiger partial charge on any atom is 0.340 e. The Kier molecular flexibility index (Phi) is 4.71. The third kappa shape index (κ3) is 3.47. The van der Waals surface area contributed by atoms with E-state index in [1.165, 1.54) is 0 Å². The summed E-state index contributed by atoms with van der Waals surface area (Å²) >= 11 is 0. The van der Waals surface area contributed by atoms with Gasteiger partial charge in [0.2, 0.25) is 0 Å². The first-order valence-electron chi connectivity index (χ1n) is 6.70. The molecule has 3 N–H and O–H groups in total. The van der Waals surface area contributed by atoms with Gasteiger partial charge in [0.1, 0.15) is 0 Å². The Labute approximate surface area is 122 Å². The van der Waals surface area contributed by atoms with E-state index in [1.807, 2.05) is 13.0 Å². The first-order chi connectivity index (χ1) is 10.1. The number of esters is 1. The Hall–Kier alpha value is -2.63. The Bertz CT molecular complexity index is 670. The quantitative estimate of drug-likeness (QED) is 0.642. The lowest BCUT2D eigenvalue weighted by atomic mass is 10.1. The third-order valence-electron chi connectivity index (χ3n) is 2.94. The third-order valence-corrected chi connectivity index (χ3v) is 2.94. The summed E-state index contributed by atoms with van der Waals surface area (Å²) in [6, 6.07) is 6.96. The summed E-state index contributed by atoms with van der Waals surface area (Å²) < 4.78 is 4.96. The highest BCUT2D eigenvalue weighted by atomic mass is 16.5. The van der Waals surface area contributed by atoms with Gasteiger partial charge in [0.05, 0.1) is 16.8 Å². The monoisotopic (exact) mass is 287 g/mol. The van der Waals surface area contributed by atoms with Crippen molar-refractivity contribution >= 4 is 28.5 Å². The lowest BCUT2D eigenvalue weighted by molar-refractivity contribution is -0.124. The highest BCUT2D eigenvalue weighted by Crippen LogP contribution is 2.23. The van der Waals surface area contributed by atoms with Crippen LogP contribution in [0.3, 0.4) is 0 Å². The summed E-state index contributed by atoms with van der Waals surface area (Å²) in [5.41, 5.74) is 6.96. The SMILES string of the molecule is CCCNC(=O)COC(=O)c1ccc2cccnc2c1N. The molecule has 0 radical (unpaired) electrons. The molecular weight excluding hydrogens is 270 g/mol. The fraction of sp³-hybridized carbons (Fsp3) is 0.267. The summed E-state index contributed by atoms with van der Waals surface area (Å²) in [6.45, 7) is 2.17. The van der Waals surface area contributed by atoms with Crippen molar-refractivity contribution in [1.29, 1.82) is 0 Å². The molecule has 0 spiro atoms. The summed E-state index contributed by atoms with van der Waals surface area (Å²) in [6.07, 6.45) is 2.43. The second-order valence-corrected chi connectivity index (χ2v) is 4.53. The molecule has 1 amide bonds. The number of pyridine rings is 1. The summed E-state index contributed by atoms with van der Waals surface area (Å²) in [5.74, 6) is -0.964. The standard InChI is InChI=1S/C15H17N3O3/c1-2-7-17-12(19)9-21-15(20)11-6-5-10-4-3-8-18-14(10)13(11)16/h3-6,8H,2,7,9,16H2,1H3,(H,17,19). The molecule has 1 aromatic heterocycles. The zero-order chi connectivity index (χ0) is 15.2. The summed E-state index contributed by atoms with van der Waals surface area (Å²) in [7, 11) is 0. The van der Waals surface area contributed by atoms with E-state index < -0.39 is 5.97 Å². The van der Waals surface area contributed by atoms with Crippen LogP contribution in [-0.2, 0) is 9.53 Å². The van der Waals surface area contributed by atoms with E-state index in [0.717, 1.165) is 11.8 Å². The van der Waals surface area contributed by atoms with Crippen LogP contribution in [0, 0.1) is 0 Å². The number of amides is 1. The van der Waals surface area contributed by atoms with Crippen LogP contribution >= 0.6 is 0 Å². The Morgan fingerprint density at radius 3 is 2.90 bits per heavy atom. The number of carbonyl (C=O) groups is 2. The van der Waals surface area contributed by atoms with E-state index in [2.05, 4.69) is 10.3 Å². The smallest absolute Gasteiger partial charge is 0.340 e. The van der Waals surface area contributed by atoms with Gasteiger partial charge in [-0.05, 0) is 18.6 Å². The van der Waals surface area contributed by atoms with Gasteiger partial charge >= 0.3 is 5.97 Å². The van der Waals surface area contributed by atoms with Crippen LogP contribution in [0.25, 0.3) is 10.9 Å². The molecular formula is C15H17N3O3. The van der Waals surface area contributed by atoms with E-state index in [4.69, 9.17) is 10.5 Å². The number of nitrogen functional groups attached to an aromatic ring is 1. The van der Waals surface area contributed by atoms with E-state index >= 15 is 0 Å². The largest absolute Gasteiger partial charge is 0.452 e. The van der Waals surface area contributed by atoms with Crippen LogP contribution in [0.15, 0.2) is 30.5 Å². The zero-order valence-corrected chi connectivity index (χ0v) is 11.8. The highest BCUT2D eigenvalue weighted by molar-refractivity contribution is 6.04. The van der Waals surface area contributed by atoms with Crippen molar-refractivity contribution in [3.63, 3.8) is 0 Å². The average molecular weight is 287 g/mol. The predicted octanol–water partition coefficient (Wildman–Crippen LogP) is 1.50. The number of anilines is 1. The summed E-state index contributed by atoms with van der Waals surface area (Å²) in [4.78, 5) is 27.5. The van der Waals surface area contributed by atoms with Crippen molar-refractivity contribution in [2.45, 2.75) is 13.3 Å². The minimum absolute atomic E-state index is 0.212. The van der Waals surface area contributed by atoms with Crippen molar-refractivity contribution in [3.8, 4) is 0 Å². The first kappa shape index (κ1) is 14.8. The van der Waals surface area contributed by atoms with Gasteiger partial charge in [-0.2, -0.15) is 0 Å². The number of hydrogen-bond acceptors (Lipinski definition) is 5. The van der Waals surface area contributed by atoms with Gasteiger partial charge in [-0.25, -0.2) is 4.79 Å². The number of nitrogens with one attached hydrogen (secondary N) is 1. The number of rotatable bonds is 5. The van der Waals surface area contributed by atoms with Crippen LogP contribution in [0.5, 0.6) is 0 Å². The number of hydrogen-bond donors (Lipinski definition) is 2. The number of nitrogens with zero attached hydrogens (tertiary/aromatic N) is 1. The normalized spacial score (nSPS) is 10.3. The molecule has 1 aromatic carbocycles. The molecule has 6 heteroatoms. The van der Waals surface area contributed by atoms with Gasteiger partial charge in [0.25, 0.3) is 5.91 Å². The molecule has 0 aliphatic heterocycles. The highest BCUT2D eigenvalue weighted by Gasteiger charge is 2.15. The topological polar surface area (TPSA) is 94.3 Å². The van der Waals surface area contributed by atoms with Gasteiger partial charge in [-0.15, -0.1) is 0 Å². The minimum Gasteiger partial charge on any atom is -0.452 e. The molecule has 0 bridgehead atoms. The fourth-order valence-corrected chi connectivity index (χ4v) is 1.87. The molecule has 0 saturated heterocycles. The van der Waals surface area contributed by atoms with Gasteiger partial charge in [0.15, 0.2) is 6.61 Å². The van der Waals surface area contributed by atoms with Crippen LogP contribution in [0.2, 0.25) is 0 Å². The molecule has 0 fully saturated rings. The van der Waals surface area contributed by atoms with Crippen LogP contribution in [0.1, 0.15) is 23.7 Å². The van der Waals surface area contributed by atoms with E-state index in [9.17, 15) is 9.59 Å². The lowest BCUT2D eigenvalue weighted by Crippen LogP contribution is -2.29. The van der Waals surface area contributed by atoms with Gasteiger partial charge in [-0.1, -0.05) is 19.1 Å². The Balaban J connectivity index is 2.09. The molecule has 110 valence electrons. The number of carbonyl (C=O) groups excluding carboxylic acids is 2. The molecule has 0 aliphatic rings. The van der Waals surface area contributed by atoms with Crippen LogP contribution in [-0.4, -0.2) is 30.0 Å². The minimum atomic E-state index is -0.633. The maximum absolute atomic E-state index is 12.0. The van der Waals surface area contributed by atoms with E-state index in [0.29, 0.717) is 12.1 Å². The molecule has 21 heavy (non-hydrogen) atoms. The van der Waals surface area contributed by atoms with Crippen molar-refractivity contribution in [2.75, 3.05) is 18.9 Å². The predicted molar refractivity (Wildman–Crippen MR) is 79.7 cm³/mol. The Morgan fingerprint density at radius 2 is 2.14 bits per heavy atom. The summed E-state index contributed by atoms with van der Waals surface area (Å²) in [5, 5.41) is 3.46. The van der Waals surface area contributed by atoms with E-state index in [-0.39, 0.29) is 23.8 Å². The van der Waals surface area contributed by atoms with Crippen molar-refractivity contribution in [1.82, 2.24) is 10.3 Å². The number of ether oxygens (including phenoxy) is 1. The molecule has 0 aliphatic carbocycles. The lowest BCUT2D eigenvalue weighted by Gasteiger charge is -2.09. The van der Waals surface area contributed by atoms with E-state index in [1.54, 1.807) is 24.4 Å². The van der Waals surface area contributed by atoms with Gasteiger partial charge in [-0.3, -0.25) is 9.78 Å². The molecule has 2 rings (SSSR count).